The van der Waals surface area contributed by atoms with Crippen LogP contribution in [0.4, 0.5) is 0 Å². The summed E-state index contributed by atoms with van der Waals surface area (Å²) in [6.45, 7) is 0.734. The van der Waals surface area contributed by atoms with E-state index in [1.165, 1.54) is 25.7 Å². The maximum Gasteiger partial charge on any atom is 0.104 e. The minimum absolute atomic E-state index is 0.332. The monoisotopic (exact) mass is 235 g/mol. The fourth-order valence-corrected chi connectivity index (χ4v) is 2.47. The van der Waals surface area contributed by atoms with Crippen molar-refractivity contribution in [2.45, 2.75) is 43.9 Å². The van der Waals surface area contributed by atoms with Gasteiger partial charge in [0.1, 0.15) is 4.49 Å². The molecule has 80 valence electrons. The van der Waals surface area contributed by atoms with Crippen molar-refractivity contribution in [3.8, 4) is 0 Å². The molecule has 0 radical (unpaired) electrons. The summed E-state index contributed by atoms with van der Waals surface area (Å²) in [7, 11) is 0. The van der Waals surface area contributed by atoms with Gasteiger partial charge in [-0.1, -0.05) is 23.2 Å². The summed E-state index contributed by atoms with van der Waals surface area (Å²) in [5.74, 6) is 0. The first kappa shape index (κ1) is 10.7. The minimum atomic E-state index is 0.332. The van der Waals surface area contributed by atoms with Crippen LogP contribution in [0.15, 0.2) is 10.6 Å². The second kappa shape index (κ2) is 4.84. The van der Waals surface area contributed by atoms with Crippen LogP contribution in [0, 0.1) is 0 Å². The quantitative estimate of drug-likeness (QED) is 0.813. The van der Waals surface area contributed by atoms with E-state index in [0.717, 1.165) is 6.54 Å². The van der Waals surface area contributed by atoms with Gasteiger partial charge in [-0.15, -0.1) is 0 Å². The number of rotatable bonds is 3. The van der Waals surface area contributed by atoms with Crippen LogP contribution in [0.1, 0.15) is 25.7 Å². The number of nitrogens with one attached hydrogen (secondary N) is 1. The number of hydrogen-bond acceptors (Lipinski definition) is 2. The first-order valence-electron chi connectivity index (χ1n) is 5.15. The summed E-state index contributed by atoms with van der Waals surface area (Å²) in [6, 6.07) is 0.484. The Morgan fingerprint density at radius 1 is 1.29 bits per heavy atom. The van der Waals surface area contributed by atoms with E-state index >= 15 is 0 Å². The van der Waals surface area contributed by atoms with Crippen molar-refractivity contribution in [2.75, 3.05) is 6.54 Å². The van der Waals surface area contributed by atoms with E-state index in [9.17, 15) is 0 Å². The molecule has 0 aromatic heterocycles. The van der Waals surface area contributed by atoms with Crippen molar-refractivity contribution < 1.29 is 4.74 Å². The molecule has 1 N–H and O–H groups in total. The highest BCUT2D eigenvalue weighted by Gasteiger charge is 2.35. The lowest BCUT2D eigenvalue weighted by Crippen LogP contribution is -2.43. The smallest absolute Gasteiger partial charge is 0.104 e. The molecule has 0 spiro atoms. The Morgan fingerprint density at radius 2 is 2.07 bits per heavy atom. The molecule has 0 aliphatic carbocycles. The van der Waals surface area contributed by atoms with Crippen molar-refractivity contribution in [3.63, 3.8) is 0 Å². The van der Waals surface area contributed by atoms with E-state index < -0.39 is 0 Å². The SMILES string of the molecule is ClC(Cl)=CCNC1CCC2CCC1O2. The topological polar surface area (TPSA) is 21.3 Å². The van der Waals surface area contributed by atoms with Crippen molar-refractivity contribution in [2.24, 2.45) is 0 Å². The molecule has 3 atom stereocenters. The van der Waals surface area contributed by atoms with Crippen LogP contribution >= 0.6 is 23.2 Å². The second-order valence-electron chi connectivity index (χ2n) is 3.96. The van der Waals surface area contributed by atoms with Gasteiger partial charge in [0, 0.05) is 12.6 Å². The third-order valence-corrected chi connectivity index (χ3v) is 3.33. The van der Waals surface area contributed by atoms with E-state index in [2.05, 4.69) is 5.32 Å². The zero-order valence-electron chi connectivity index (χ0n) is 8.01. The first-order valence-corrected chi connectivity index (χ1v) is 5.91. The molecule has 2 heterocycles. The van der Waals surface area contributed by atoms with Crippen molar-refractivity contribution >= 4 is 23.2 Å². The lowest BCUT2D eigenvalue weighted by molar-refractivity contribution is -0.0154. The lowest BCUT2D eigenvalue weighted by atomic mass is 10.0. The highest BCUT2D eigenvalue weighted by atomic mass is 35.5. The van der Waals surface area contributed by atoms with E-state index in [1.807, 2.05) is 0 Å². The molecule has 0 amide bonds. The van der Waals surface area contributed by atoms with Crippen LogP contribution in [0.25, 0.3) is 0 Å². The van der Waals surface area contributed by atoms with Crippen molar-refractivity contribution in [3.05, 3.63) is 10.6 Å². The summed E-state index contributed by atoms with van der Waals surface area (Å²) >= 11 is 11.1. The lowest BCUT2D eigenvalue weighted by Gasteiger charge is -2.29. The average Bonchev–Trinajstić information content (AvgIpc) is 2.52. The highest BCUT2D eigenvalue weighted by Crippen LogP contribution is 2.32. The van der Waals surface area contributed by atoms with Gasteiger partial charge >= 0.3 is 0 Å². The van der Waals surface area contributed by atoms with Crippen molar-refractivity contribution in [1.29, 1.82) is 0 Å². The third kappa shape index (κ3) is 2.63. The average molecular weight is 236 g/mol. The Morgan fingerprint density at radius 3 is 2.86 bits per heavy atom. The van der Waals surface area contributed by atoms with Gasteiger partial charge in [0.2, 0.25) is 0 Å². The van der Waals surface area contributed by atoms with Crippen LogP contribution in [0.3, 0.4) is 0 Å². The molecule has 2 aliphatic heterocycles. The van der Waals surface area contributed by atoms with Gasteiger partial charge in [-0.2, -0.15) is 0 Å². The molecule has 4 heteroatoms. The molecular weight excluding hydrogens is 221 g/mol. The molecule has 14 heavy (non-hydrogen) atoms. The standard InChI is InChI=1S/C10H15Cl2NO/c11-10(12)5-6-13-8-3-1-7-2-4-9(8)14-7/h5,7-9,13H,1-4,6H2. The number of halogens is 2. The first-order chi connectivity index (χ1) is 6.75. The highest BCUT2D eigenvalue weighted by molar-refractivity contribution is 6.55. The number of fused-ring (bicyclic) bond motifs is 2. The molecule has 2 nitrogen and oxygen atoms in total. The van der Waals surface area contributed by atoms with Crippen LogP contribution in [0.2, 0.25) is 0 Å². The van der Waals surface area contributed by atoms with E-state index in [4.69, 9.17) is 27.9 Å². The predicted octanol–water partition coefficient (Wildman–Crippen LogP) is 2.61. The Bertz CT molecular complexity index is 228. The molecule has 3 unspecified atom stereocenters. The zero-order valence-corrected chi connectivity index (χ0v) is 9.52. The Labute approximate surface area is 94.6 Å². The molecule has 0 aromatic rings. The minimum Gasteiger partial charge on any atom is -0.373 e. The molecule has 2 aliphatic rings. The largest absolute Gasteiger partial charge is 0.373 e. The summed E-state index contributed by atoms with van der Waals surface area (Å²) in [4.78, 5) is 0. The molecule has 0 aromatic carbocycles. The van der Waals surface area contributed by atoms with Gasteiger partial charge in [-0.3, -0.25) is 0 Å². The van der Waals surface area contributed by atoms with Crippen LogP contribution in [-0.2, 0) is 4.74 Å². The summed E-state index contributed by atoms with van der Waals surface area (Å²) in [5.41, 5.74) is 0. The molecule has 2 saturated heterocycles. The van der Waals surface area contributed by atoms with E-state index in [-0.39, 0.29) is 0 Å². The Hall–Kier alpha value is 0.240. The van der Waals surface area contributed by atoms with E-state index in [1.54, 1.807) is 6.08 Å². The maximum atomic E-state index is 5.82. The fraction of sp³-hybridized carbons (Fsp3) is 0.800. The molecule has 2 bridgehead atoms. The summed E-state index contributed by atoms with van der Waals surface area (Å²) in [5, 5.41) is 3.41. The van der Waals surface area contributed by atoms with Gasteiger partial charge in [-0.05, 0) is 31.8 Å². The molecule has 2 fully saturated rings. The maximum absolute atomic E-state index is 5.82. The van der Waals surface area contributed by atoms with Crippen LogP contribution in [0.5, 0.6) is 0 Å². The summed E-state index contributed by atoms with van der Waals surface area (Å²) < 4.78 is 6.15. The predicted molar refractivity (Wildman–Crippen MR) is 58.7 cm³/mol. The van der Waals surface area contributed by atoms with Gasteiger partial charge in [-0.25, -0.2) is 0 Å². The molecule has 0 saturated carbocycles. The van der Waals surface area contributed by atoms with Gasteiger partial charge in [0.15, 0.2) is 0 Å². The van der Waals surface area contributed by atoms with Gasteiger partial charge in [0.25, 0.3) is 0 Å². The van der Waals surface area contributed by atoms with Crippen LogP contribution in [-0.4, -0.2) is 24.8 Å². The van der Waals surface area contributed by atoms with Crippen LogP contribution < -0.4 is 5.32 Å². The Balaban J connectivity index is 1.78. The second-order valence-corrected chi connectivity index (χ2v) is 4.97. The van der Waals surface area contributed by atoms with Gasteiger partial charge < -0.3 is 10.1 Å². The summed E-state index contributed by atoms with van der Waals surface area (Å²) in [6.07, 6.45) is 7.55. The molecule has 2 rings (SSSR count). The normalized spacial score (nSPS) is 35.7. The number of ether oxygens (including phenoxy) is 1. The molecular formula is C10H15Cl2NO. The zero-order chi connectivity index (χ0) is 9.97. The fourth-order valence-electron chi connectivity index (χ4n) is 2.31. The van der Waals surface area contributed by atoms with Gasteiger partial charge in [0.05, 0.1) is 12.2 Å². The number of hydrogen-bond donors (Lipinski definition) is 1. The van der Waals surface area contributed by atoms with Crippen molar-refractivity contribution in [1.82, 2.24) is 5.32 Å². The third-order valence-electron chi connectivity index (χ3n) is 3.03. The Kier molecular flexibility index (Phi) is 3.72. The van der Waals surface area contributed by atoms with E-state index in [0.29, 0.717) is 22.7 Å².